The fourth-order valence-electron chi connectivity index (χ4n) is 1.50. The zero-order valence-corrected chi connectivity index (χ0v) is 10.7. The Morgan fingerprint density at radius 3 is 3.18 bits per heavy atom. The van der Waals surface area contributed by atoms with Gasteiger partial charge in [0.2, 0.25) is 0 Å². The van der Waals surface area contributed by atoms with Crippen LogP contribution in [-0.2, 0) is 0 Å². The van der Waals surface area contributed by atoms with Gasteiger partial charge in [-0.25, -0.2) is 4.98 Å². The van der Waals surface area contributed by atoms with E-state index >= 15 is 0 Å². The number of hydrogen-bond donors (Lipinski definition) is 2. The predicted molar refractivity (Wildman–Crippen MR) is 71.4 cm³/mol. The average Bonchev–Trinajstić information content (AvgIpc) is 2.82. The monoisotopic (exact) mass is 249 g/mol. The smallest absolute Gasteiger partial charge is 0.251 e. The van der Waals surface area contributed by atoms with Crippen LogP contribution < -0.4 is 5.32 Å². The molecule has 4 nitrogen and oxygen atoms in total. The summed E-state index contributed by atoms with van der Waals surface area (Å²) in [6.07, 6.45) is 3.66. The zero-order chi connectivity index (χ0) is 12.3. The summed E-state index contributed by atoms with van der Waals surface area (Å²) >= 11 is 1.73. The van der Waals surface area contributed by atoms with Gasteiger partial charge in [0.05, 0.1) is 17.4 Å². The Labute approximate surface area is 104 Å². The molecule has 17 heavy (non-hydrogen) atoms. The summed E-state index contributed by atoms with van der Waals surface area (Å²) in [5.41, 5.74) is 2.42. The van der Waals surface area contributed by atoms with E-state index in [0.29, 0.717) is 17.4 Å². The first kappa shape index (κ1) is 12.0. The van der Waals surface area contributed by atoms with Crippen molar-refractivity contribution < 1.29 is 4.79 Å². The Morgan fingerprint density at radius 1 is 1.59 bits per heavy atom. The van der Waals surface area contributed by atoms with Crippen LogP contribution in [0.3, 0.4) is 0 Å². The lowest BCUT2D eigenvalue weighted by atomic mass is 10.2. The zero-order valence-electron chi connectivity index (χ0n) is 9.86. The first-order chi connectivity index (χ1) is 8.20. The maximum absolute atomic E-state index is 11.9. The second kappa shape index (κ2) is 5.23. The maximum Gasteiger partial charge on any atom is 0.251 e. The van der Waals surface area contributed by atoms with Crippen LogP contribution in [0.4, 0.5) is 0 Å². The third-order valence-corrected chi connectivity index (χ3v) is 3.61. The minimum Gasteiger partial charge on any atom is -0.351 e. The summed E-state index contributed by atoms with van der Waals surface area (Å²) in [6.45, 7) is 2.77. The van der Waals surface area contributed by atoms with Gasteiger partial charge in [-0.15, -0.1) is 0 Å². The number of amides is 1. The normalized spacial score (nSPS) is 12.6. The van der Waals surface area contributed by atoms with Crippen molar-refractivity contribution in [1.82, 2.24) is 15.3 Å². The Balaban J connectivity index is 2.08. The molecule has 0 aliphatic rings. The number of benzene rings is 1. The number of rotatable bonds is 4. The van der Waals surface area contributed by atoms with Crippen molar-refractivity contribution in [2.24, 2.45) is 0 Å². The number of imidazole rings is 1. The topological polar surface area (TPSA) is 57.8 Å². The standard InChI is InChI=1S/C12H15N3OS/c1-8(17-2)6-13-12(16)9-3-4-10-11(5-9)15-7-14-10/h3-5,7-8H,6H2,1-2H3,(H,13,16)(H,14,15). The van der Waals surface area contributed by atoms with Gasteiger partial charge in [0.1, 0.15) is 0 Å². The van der Waals surface area contributed by atoms with Gasteiger partial charge in [-0.1, -0.05) is 6.92 Å². The number of carbonyl (C=O) groups is 1. The van der Waals surface area contributed by atoms with Gasteiger partial charge in [0, 0.05) is 17.4 Å². The largest absolute Gasteiger partial charge is 0.351 e. The quantitative estimate of drug-likeness (QED) is 0.872. The third kappa shape index (κ3) is 2.79. The average molecular weight is 249 g/mol. The SMILES string of the molecule is CSC(C)CNC(=O)c1ccc2nc[nH]c2c1. The molecule has 1 amide bonds. The molecular weight excluding hydrogens is 234 g/mol. The highest BCUT2D eigenvalue weighted by atomic mass is 32.2. The first-order valence-electron chi connectivity index (χ1n) is 5.45. The molecule has 0 fully saturated rings. The maximum atomic E-state index is 11.9. The van der Waals surface area contributed by atoms with E-state index in [9.17, 15) is 4.79 Å². The molecule has 2 rings (SSSR count). The highest BCUT2D eigenvalue weighted by Gasteiger charge is 2.08. The van der Waals surface area contributed by atoms with Crippen molar-refractivity contribution >= 4 is 28.7 Å². The van der Waals surface area contributed by atoms with Crippen LogP contribution in [0.15, 0.2) is 24.5 Å². The fourth-order valence-corrected chi connectivity index (χ4v) is 1.75. The van der Waals surface area contributed by atoms with Crippen molar-refractivity contribution in [3.63, 3.8) is 0 Å². The van der Waals surface area contributed by atoms with Gasteiger partial charge < -0.3 is 10.3 Å². The molecule has 0 saturated carbocycles. The molecule has 0 saturated heterocycles. The van der Waals surface area contributed by atoms with Crippen LogP contribution >= 0.6 is 11.8 Å². The number of aromatic amines is 1. The number of H-pyrrole nitrogens is 1. The van der Waals surface area contributed by atoms with Crippen molar-refractivity contribution in [1.29, 1.82) is 0 Å². The van der Waals surface area contributed by atoms with E-state index in [1.807, 2.05) is 18.4 Å². The lowest BCUT2D eigenvalue weighted by molar-refractivity contribution is 0.0954. The second-order valence-electron chi connectivity index (χ2n) is 3.89. The first-order valence-corrected chi connectivity index (χ1v) is 6.73. The van der Waals surface area contributed by atoms with E-state index < -0.39 is 0 Å². The van der Waals surface area contributed by atoms with Crippen LogP contribution in [0.1, 0.15) is 17.3 Å². The Hall–Kier alpha value is -1.49. The number of aromatic nitrogens is 2. The molecule has 5 heteroatoms. The van der Waals surface area contributed by atoms with Gasteiger partial charge in [-0.3, -0.25) is 4.79 Å². The highest BCUT2D eigenvalue weighted by molar-refractivity contribution is 7.99. The van der Waals surface area contributed by atoms with E-state index in [0.717, 1.165) is 11.0 Å². The molecule has 0 aliphatic heterocycles. The molecule has 0 bridgehead atoms. The van der Waals surface area contributed by atoms with E-state index in [4.69, 9.17) is 0 Å². The van der Waals surface area contributed by atoms with Gasteiger partial charge in [-0.2, -0.15) is 11.8 Å². The number of fused-ring (bicyclic) bond motifs is 1. The molecule has 1 unspecified atom stereocenters. The van der Waals surface area contributed by atoms with Crippen molar-refractivity contribution in [3.05, 3.63) is 30.1 Å². The summed E-state index contributed by atoms with van der Waals surface area (Å²) in [4.78, 5) is 19.0. The molecule has 0 aliphatic carbocycles. The van der Waals surface area contributed by atoms with Crippen LogP contribution in [0.5, 0.6) is 0 Å². The molecule has 1 heterocycles. The van der Waals surface area contributed by atoms with E-state index in [2.05, 4.69) is 22.2 Å². The summed E-state index contributed by atoms with van der Waals surface area (Å²) in [5, 5.41) is 3.34. The van der Waals surface area contributed by atoms with Crippen molar-refractivity contribution in [2.75, 3.05) is 12.8 Å². The molecule has 2 aromatic rings. The molecule has 0 radical (unpaired) electrons. The molecule has 2 N–H and O–H groups in total. The number of carbonyl (C=O) groups excluding carboxylic acids is 1. The van der Waals surface area contributed by atoms with Crippen LogP contribution in [-0.4, -0.2) is 33.9 Å². The van der Waals surface area contributed by atoms with E-state index in [1.165, 1.54) is 0 Å². The lowest BCUT2D eigenvalue weighted by Gasteiger charge is -2.09. The summed E-state index contributed by atoms with van der Waals surface area (Å²) in [5.74, 6) is -0.0394. The number of hydrogen-bond acceptors (Lipinski definition) is 3. The van der Waals surface area contributed by atoms with Crippen molar-refractivity contribution in [2.45, 2.75) is 12.2 Å². The molecule has 90 valence electrons. The Kier molecular flexibility index (Phi) is 3.68. The van der Waals surface area contributed by atoms with Gasteiger partial charge in [0.25, 0.3) is 5.91 Å². The molecule has 0 spiro atoms. The molecule has 1 aromatic heterocycles. The molecular formula is C12H15N3OS. The van der Waals surface area contributed by atoms with Crippen molar-refractivity contribution in [3.8, 4) is 0 Å². The lowest BCUT2D eigenvalue weighted by Crippen LogP contribution is -2.29. The second-order valence-corrected chi connectivity index (χ2v) is 5.17. The van der Waals surface area contributed by atoms with Crippen LogP contribution in [0, 0.1) is 0 Å². The third-order valence-electron chi connectivity index (χ3n) is 2.63. The molecule has 1 aromatic carbocycles. The van der Waals surface area contributed by atoms with Crippen LogP contribution in [0.2, 0.25) is 0 Å². The summed E-state index contributed by atoms with van der Waals surface area (Å²) < 4.78 is 0. The number of nitrogens with zero attached hydrogens (tertiary/aromatic N) is 1. The molecule has 1 atom stereocenters. The van der Waals surface area contributed by atoms with Gasteiger partial charge in [-0.05, 0) is 24.5 Å². The van der Waals surface area contributed by atoms with Gasteiger partial charge >= 0.3 is 0 Å². The summed E-state index contributed by atoms with van der Waals surface area (Å²) in [6, 6.07) is 5.46. The number of thioether (sulfide) groups is 1. The van der Waals surface area contributed by atoms with E-state index in [1.54, 1.807) is 24.2 Å². The Morgan fingerprint density at radius 2 is 2.41 bits per heavy atom. The summed E-state index contributed by atoms with van der Waals surface area (Å²) in [7, 11) is 0. The van der Waals surface area contributed by atoms with Gasteiger partial charge in [0.15, 0.2) is 0 Å². The minimum absolute atomic E-state index is 0.0394. The number of nitrogens with one attached hydrogen (secondary N) is 2. The fraction of sp³-hybridized carbons (Fsp3) is 0.333. The van der Waals surface area contributed by atoms with E-state index in [-0.39, 0.29) is 5.91 Å². The predicted octanol–water partition coefficient (Wildman–Crippen LogP) is 2.04. The Bertz CT molecular complexity index is 523. The minimum atomic E-state index is -0.0394. The highest BCUT2D eigenvalue weighted by Crippen LogP contribution is 2.11. The van der Waals surface area contributed by atoms with Crippen LogP contribution in [0.25, 0.3) is 11.0 Å².